The van der Waals surface area contributed by atoms with Crippen molar-refractivity contribution in [2.45, 2.75) is 68.9 Å². The molecule has 4 heterocycles. The number of aliphatic hydroxyl groups is 2. The van der Waals surface area contributed by atoms with Crippen molar-refractivity contribution in [3.63, 3.8) is 0 Å². The number of ether oxygens (including phenoxy) is 3. The third-order valence-electron chi connectivity index (χ3n) is 7.36. The molecule has 168 valence electrons. The first kappa shape index (κ1) is 19.9. The Kier molecular flexibility index (Phi) is 3.70. The third kappa shape index (κ3) is 2.11. The van der Waals surface area contributed by atoms with E-state index in [1.54, 1.807) is 6.92 Å². The van der Waals surface area contributed by atoms with Crippen molar-refractivity contribution < 1.29 is 49.0 Å². The number of benzene rings is 1. The molecule has 32 heavy (non-hydrogen) atoms. The summed E-state index contributed by atoms with van der Waals surface area (Å²) in [5.74, 6) is -3.36. The van der Waals surface area contributed by atoms with Crippen LogP contribution >= 0.6 is 0 Å². The van der Waals surface area contributed by atoms with Gasteiger partial charge in [-0.25, -0.2) is 0 Å². The Labute approximate surface area is 181 Å². The molecule has 0 saturated carbocycles. The van der Waals surface area contributed by atoms with E-state index in [0.717, 1.165) is 0 Å². The van der Waals surface area contributed by atoms with E-state index in [-0.39, 0.29) is 35.1 Å². The van der Waals surface area contributed by atoms with Crippen molar-refractivity contribution in [2.75, 3.05) is 0 Å². The zero-order chi connectivity index (χ0) is 22.9. The summed E-state index contributed by atoms with van der Waals surface area (Å²) < 4.78 is 16.7. The number of phenols is 2. The highest BCUT2D eigenvalue weighted by atomic mass is 16.6. The molecule has 1 aromatic rings. The van der Waals surface area contributed by atoms with Crippen LogP contribution in [0.15, 0.2) is 11.1 Å². The Morgan fingerprint density at radius 1 is 0.938 bits per heavy atom. The summed E-state index contributed by atoms with van der Waals surface area (Å²) in [7, 11) is 0. The molecule has 7 atom stereocenters. The number of phenolic OH excluding ortho intramolecular Hbond substituents is 2. The van der Waals surface area contributed by atoms with E-state index < -0.39 is 82.4 Å². The maximum Gasteiger partial charge on any atom is 0.309 e. The van der Waals surface area contributed by atoms with Crippen LogP contribution in [0.4, 0.5) is 0 Å². The minimum atomic E-state index is -1.93. The molecule has 2 aliphatic carbocycles. The Balaban J connectivity index is 1.64. The molecule has 0 spiro atoms. The van der Waals surface area contributed by atoms with Crippen molar-refractivity contribution in [1.82, 2.24) is 0 Å². The predicted molar refractivity (Wildman–Crippen MR) is 102 cm³/mol. The number of hydrogen-bond acceptors (Lipinski definition) is 10. The molecule has 7 rings (SSSR count). The van der Waals surface area contributed by atoms with Crippen LogP contribution in [0.5, 0.6) is 11.5 Å². The topological polar surface area (TPSA) is 160 Å². The first-order valence-corrected chi connectivity index (χ1v) is 10.4. The van der Waals surface area contributed by atoms with Crippen molar-refractivity contribution in [2.24, 2.45) is 0 Å². The van der Waals surface area contributed by atoms with E-state index in [1.807, 2.05) is 0 Å². The van der Waals surface area contributed by atoms with Gasteiger partial charge < -0.3 is 34.6 Å². The van der Waals surface area contributed by atoms with Gasteiger partial charge in [-0.2, -0.15) is 0 Å². The van der Waals surface area contributed by atoms with Crippen LogP contribution in [0.1, 0.15) is 70.7 Å². The van der Waals surface area contributed by atoms with Crippen LogP contribution < -0.4 is 0 Å². The molecule has 4 aliphatic heterocycles. The number of esters is 1. The van der Waals surface area contributed by atoms with E-state index in [4.69, 9.17) is 14.2 Å². The van der Waals surface area contributed by atoms with E-state index in [9.17, 15) is 34.8 Å². The lowest BCUT2D eigenvalue weighted by Crippen LogP contribution is -2.64. The molecule has 2 bridgehead atoms. The molecule has 10 heteroatoms. The van der Waals surface area contributed by atoms with Crippen LogP contribution in [0, 0.1) is 0 Å². The number of carbonyl (C=O) groups excluding carboxylic acids is 3. The average molecular weight is 444 g/mol. The molecule has 10 nitrogen and oxygen atoms in total. The predicted octanol–water partition coefficient (Wildman–Crippen LogP) is 0.504. The highest BCUT2D eigenvalue weighted by Crippen LogP contribution is 2.57. The van der Waals surface area contributed by atoms with Crippen LogP contribution in [-0.4, -0.2) is 68.0 Å². The van der Waals surface area contributed by atoms with Gasteiger partial charge in [0.15, 0.2) is 17.7 Å². The van der Waals surface area contributed by atoms with E-state index in [2.05, 4.69) is 0 Å². The van der Waals surface area contributed by atoms with Gasteiger partial charge >= 0.3 is 5.97 Å². The lowest BCUT2D eigenvalue weighted by atomic mass is 9.63. The molecular formula is C22H20O10. The fourth-order valence-electron chi connectivity index (χ4n) is 5.91. The highest BCUT2D eigenvalue weighted by Gasteiger charge is 2.61. The number of ketones is 2. The maximum atomic E-state index is 13.6. The second kappa shape index (κ2) is 5.96. The molecule has 0 unspecified atom stereocenters. The Morgan fingerprint density at radius 2 is 1.59 bits per heavy atom. The number of carbonyl (C=O) groups is 3. The largest absolute Gasteiger partial charge is 0.507 e. The zero-order valence-corrected chi connectivity index (χ0v) is 17.1. The number of rotatable bonds is 0. The summed E-state index contributed by atoms with van der Waals surface area (Å²) in [5, 5.41) is 43.9. The SMILES string of the molecule is C[C@@H]1O[C@H]2CC(=O)O[C@H]2c2c(O)c3c(c(O)c21)C(=O)C1=C(C3=O)[C@H]2O[C@H](C)[C@]1(O)C[C@H]2O. The van der Waals surface area contributed by atoms with Crippen LogP contribution in [-0.2, 0) is 19.0 Å². The minimum Gasteiger partial charge on any atom is -0.507 e. The molecule has 0 radical (unpaired) electrons. The highest BCUT2D eigenvalue weighted by molar-refractivity contribution is 6.30. The summed E-state index contributed by atoms with van der Waals surface area (Å²) in [5.41, 5.74) is -3.20. The molecule has 2 fully saturated rings. The van der Waals surface area contributed by atoms with Gasteiger partial charge in [-0.15, -0.1) is 0 Å². The number of Topliss-reactive ketones (excluding diaryl/α,β-unsaturated/α-hetero) is 2. The van der Waals surface area contributed by atoms with Crippen molar-refractivity contribution in [3.05, 3.63) is 33.4 Å². The van der Waals surface area contributed by atoms with Crippen LogP contribution in [0.3, 0.4) is 0 Å². The van der Waals surface area contributed by atoms with E-state index >= 15 is 0 Å². The number of fused-ring (bicyclic) bond motifs is 6. The normalized spacial score (nSPS) is 39.4. The molecule has 0 amide bonds. The molecule has 0 aromatic heterocycles. The molecule has 4 N–H and O–H groups in total. The first-order chi connectivity index (χ1) is 15.1. The Morgan fingerprint density at radius 3 is 2.31 bits per heavy atom. The van der Waals surface area contributed by atoms with Crippen LogP contribution in [0.2, 0.25) is 0 Å². The molecular weight excluding hydrogens is 424 g/mol. The van der Waals surface area contributed by atoms with Gasteiger partial charge in [0.25, 0.3) is 0 Å². The van der Waals surface area contributed by atoms with Gasteiger partial charge in [-0.1, -0.05) is 0 Å². The van der Waals surface area contributed by atoms with Crippen molar-refractivity contribution in [3.8, 4) is 11.5 Å². The van der Waals surface area contributed by atoms with Gasteiger partial charge in [-0.3, -0.25) is 14.4 Å². The van der Waals surface area contributed by atoms with E-state index in [1.165, 1.54) is 6.92 Å². The standard InChI is InChI=1S/C22H20O10/c1-5-10-13(21-8(30-5)3-9(24)32-21)17(26)11-12(16(10)25)19(28)15-14(18(11)27)20-7(23)4-22(15,29)6(2)31-20/h5-8,20-21,23,25-26,29H,3-4H2,1-2H3/t5-,6+,7+,8-,20-,21+,22+/m0/s1. The monoisotopic (exact) mass is 444 g/mol. The summed E-state index contributed by atoms with van der Waals surface area (Å²) in [6.07, 6.45) is -6.07. The third-order valence-corrected chi connectivity index (χ3v) is 7.36. The lowest BCUT2D eigenvalue weighted by molar-refractivity contribution is -0.196. The van der Waals surface area contributed by atoms with Gasteiger partial charge in [0.2, 0.25) is 0 Å². The second-order valence-electron chi connectivity index (χ2n) is 9.05. The van der Waals surface area contributed by atoms with Gasteiger partial charge in [0.1, 0.15) is 29.3 Å². The van der Waals surface area contributed by atoms with Gasteiger partial charge in [-0.05, 0) is 13.8 Å². The van der Waals surface area contributed by atoms with Crippen molar-refractivity contribution >= 4 is 17.5 Å². The molecule has 6 aliphatic rings. The summed E-state index contributed by atoms with van der Waals surface area (Å²) in [4.78, 5) is 39.0. The summed E-state index contributed by atoms with van der Waals surface area (Å²) in [6.45, 7) is 3.12. The average Bonchev–Trinajstić information content (AvgIpc) is 3.08. The smallest absolute Gasteiger partial charge is 0.309 e. The number of aromatic hydroxyl groups is 2. The molecule has 1 aromatic carbocycles. The lowest BCUT2D eigenvalue weighted by Gasteiger charge is -2.52. The first-order valence-electron chi connectivity index (χ1n) is 10.4. The Hall–Kier alpha value is -2.79. The van der Waals surface area contributed by atoms with E-state index in [0.29, 0.717) is 0 Å². The quantitative estimate of drug-likeness (QED) is 0.328. The fourth-order valence-corrected chi connectivity index (χ4v) is 5.91. The summed E-state index contributed by atoms with van der Waals surface area (Å²) in [6, 6.07) is 0. The Bertz CT molecular complexity index is 1180. The van der Waals surface area contributed by atoms with Crippen molar-refractivity contribution in [1.29, 1.82) is 0 Å². The molecule has 2 saturated heterocycles. The van der Waals surface area contributed by atoms with Crippen LogP contribution in [0.25, 0.3) is 0 Å². The number of hydrogen-bond donors (Lipinski definition) is 4. The fraction of sp³-hybridized carbons (Fsp3) is 0.500. The second-order valence-corrected chi connectivity index (χ2v) is 9.05. The minimum absolute atomic E-state index is 0.0237. The van der Waals surface area contributed by atoms with Gasteiger partial charge in [0.05, 0.1) is 35.9 Å². The maximum absolute atomic E-state index is 13.6. The zero-order valence-electron chi connectivity index (χ0n) is 17.1. The summed E-state index contributed by atoms with van der Waals surface area (Å²) >= 11 is 0. The number of aliphatic hydroxyl groups excluding tert-OH is 1. The van der Waals surface area contributed by atoms with Gasteiger partial charge in [0, 0.05) is 28.7 Å².